The summed E-state index contributed by atoms with van der Waals surface area (Å²) in [5.74, 6) is -8.24. The molecule has 0 aliphatic carbocycles. The Labute approximate surface area is 216 Å². The van der Waals surface area contributed by atoms with Crippen LogP contribution in [0.2, 0.25) is 0 Å². The highest BCUT2D eigenvalue weighted by molar-refractivity contribution is 5.94. The van der Waals surface area contributed by atoms with Crippen LogP contribution in [0.5, 0.6) is 0 Å². The number of benzene rings is 1. The zero-order valence-corrected chi connectivity index (χ0v) is 21.2. The van der Waals surface area contributed by atoms with Crippen molar-refractivity contribution in [3.05, 3.63) is 52.4 Å². The molecule has 0 radical (unpaired) electrons. The van der Waals surface area contributed by atoms with Gasteiger partial charge < -0.3 is 19.3 Å². The second kappa shape index (κ2) is 10.8. The predicted molar refractivity (Wildman–Crippen MR) is 129 cm³/mol. The Morgan fingerprint density at radius 3 is 2.29 bits per heavy atom. The molecule has 2 aliphatic rings. The lowest BCUT2D eigenvalue weighted by Crippen LogP contribution is -2.47. The third kappa shape index (κ3) is 5.71. The van der Waals surface area contributed by atoms with Gasteiger partial charge in [0.15, 0.2) is 23.2 Å². The molecule has 8 nitrogen and oxygen atoms in total. The number of alkyl halides is 2. The fraction of sp³-hybridized carbons (Fsp3) is 0.520. The first kappa shape index (κ1) is 27.7. The zero-order chi connectivity index (χ0) is 27.8. The minimum atomic E-state index is -3.30. The molecule has 206 valence electrons. The van der Waals surface area contributed by atoms with Crippen LogP contribution in [0.15, 0.2) is 17.1 Å². The number of imidazole rings is 1. The molecule has 0 N–H and O–H groups in total. The number of aromatic nitrogens is 2. The SMILES string of the molecule is C=N[C@@H](CC(=O)N1CCn2c(C(C)(F)F)nc(C(=O)N3CCN(C)CC3)c2C1)Cc1cc(F)c(F)cc1F. The number of carbonyl (C=O) groups is 2. The molecule has 0 saturated carbocycles. The summed E-state index contributed by atoms with van der Waals surface area (Å²) >= 11 is 0. The van der Waals surface area contributed by atoms with Crippen LogP contribution in [-0.4, -0.2) is 88.6 Å². The van der Waals surface area contributed by atoms with E-state index >= 15 is 0 Å². The number of piperazine rings is 1. The van der Waals surface area contributed by atoms with Crippen molar-refractivity contribution in [3.63, 3.8) is 0 Å². The molecular weight excluding hydrogens is 511 g/mol. The molecule has 0 unspecified atom stereocenters. The van der Waals surface area contributed by atoms with Crippen LogP contribution in [0.25, 0.3) is 0 Å². The highest BCUT2D eigenvalue weighted by Crippen LogP contribution is 2.31. The number of hydrogen-bond donors (Lipinski definition) is 0. The molecule has 1 aromatic carbocycles. The van der Waals surface area contributed by atoms with Gasteiger partial charge in [-0.15, -0.1) is 0 Å². The lowest BCUT2D eigenvalue weighted by Gasteiger charge is -2.33. The Morgan fingerprint density at radius 1 is 1.03 bits per heavy atom. The summed E-state index contributed by atoms with van der Waals surface area (Å²) in [6.07, 6.45) is -0.419. The zero-order valence-electron chi connectivity index (χ0n) is 21.2. The van der Waals surface area contributed by atoms with Gasteiger partial charge in [-0.2, -0.15) is 8.78 Å². The number of halogens is 5. The molecule has 13 heteroatoms. The largest absolute Gasteiger partial charge is 0.335 e. The standard InChI is InChI=1S/C25H29F5N6O2/c1-25(29,30)24-32-22(23(38)34-6-4-33(3)5-7-34)20-14-35(8-9-36(20)24)21(37)12-16(31-2)10-15-11-18(27)19(28)13-17(15)26/h11,13,16H,2,4-10,12,14H2,1,3H3/t16-/m1/s1. The van der Waals surface area contributed by atoms with E-state index in [1.165, 1.54) is 9.47 Å². The first-order valence-corrected chi connectivity index (χ1v) is 12.2. The van der Waals surface area contributed by atoms with Crippen molar-refractivity contribution in [3.8, 4) is 0 Å². The van der Waals surface area contributed by atoms with Gasteiger partial charge >= 0.3 is 5.92 Å². The minimum absolute atomic E-state index is 0.00679. The lowest BCUT2D eigenvalue weighted by atomic mass is 10.0. The molecule has 1 fully saturated rings. The van der Waals surface area contributed by atoms with E-state index in [0.717, 1.165) is 6.07 Å². The van der Waals surface area contributed by atoms with Gasteiger partial charge in [0.05, 0.1) is 18.3 Å². The maximum atomic E-state index is 14.4. The number of likely N-dealkylation sites (N-methyl/N-ethyl adjacent to an activating group) is 1. The fourth-order valence-electron chi connectivity index (χ4n) is 4.75. The van der Waals surface area contributed by atoms with Crippen LogP contribution >= 0.6 is 0 Å². The van der Waals surface area contributed by atoms with Crippen molar-refractivity contribution in [2.75, 3.05) is 39.8 Å². The molecule has 2 aliphatic heterocycles. The van der Waals surface area contributed by atoms with Crippen molar-refractivity contribution in [1.29, 1.82) is 0 Å². The molecule has 0 spiro atoms. The summed E-state index contributed by atoms with van der Waals surface area (Å²) in [5.41, 5.74) is -0.0358. The fourth-order valence-corrected chi connectivity index (χ4v) is 4.75. The average molecular weight is 541 g/mol. The second-order valence-corrected chi connectivity index (χ2v) is 9.78. The quantitative estimate of drug-likeness (QED) is 0.308. The summed E-state index contributed by atoms with van der Waals surface area (Å²) in [5, 5.41) is 0. The number of rotatable bonds is 7. The summed E-state index contributed by atoms with van der Waals surface area (Å²) in [6, 6.07) is 0.309. The topological polar surface area (TPSA) is 74.0 Å². The molecule has 2 aromatic rings. The maximum absolute atomic E-state index is 14.4. The molecule has 1 aromatic heterocycles. The molecule has 0 bridgehead atoms. The molecule has 4 rings (SSSR count). The summed E-state index contributed by atoms with van der Waals surface area (Å²) in [7, 11) is 1.92. The van der Waals surface area contributed by atoms with Crippen molar-refractivity contribution in [1.82, 2.24) is 24.3 Å². The maximum Gasteiger partial charge on any atom is 0.302 e. The van der Waals surface area contributed by atoms with Crippen molar-refractivity contribution < 1.29 is 31.5 Å². The molecule has 3 heterocycles. The Hall–Kier alpha value is -3.35. The van der Waals surface area contributed by atoms with E-state index < -0.39 is 47.1 Å². The van der Waals surface area contributed by atoms with E-state index in [1.807, 2.05) is 7.05 Å². The Morgan fingerprint density at radius 2 is 1.66 bits per heavy atom. The number of hydrogen-bond acceptors (Lipinski definition) is 5. The smallest absolute Gasteiger partial charge is 0.302 e. The van der Waals surface area contributed by atoms with E-state index in [2.05, 4.69) is 21.6 Å². The summed E-state index contributed by atoms with van der Waals surface area (Å²) in [6.45, 7) is 6.22. The van der Waals surface area contributed by atoms with Crippen LogP contribution in [0.3, 0.4) is 0 Å². The van der Waals surface area contributed by atoms with Crippen molar-refractivity contribution in [2.45, 2.75) is 44.8 Å². The van der Waals surface area contributed by atoms with E-state index in [1.54, 1.807) is 4.90 Å². The van der Waals surface area contributed by atoms with Gasteiger partial charge in [0.1, 0.15) is 5.82 Å². The summed E-state index contributed by atoms with van der Waals surface area (Å²) < 4.78 is 71.0. The third-order valence-electron chi connectivity index (χ3n) is 6.96. The number of aliphatic imine (C=N–C) groups is 1. The lowest BCUT2D eigenvalue weighted by molar-refractivity contribution is -0.133. The van der Waals surface area contributed by atoms with Crippen LogP contribution in [0.4, 0.5) is 22.0 Å². The number of fused-ring (bicyclic) bond motifs is 1. The van der Waals surface area contributed by atoms with Gasteiger partial charge in [-0.25, -0.2) is 18.2 Å². The predicted octanol–water partition coefficient (Wildman–Crippen LogP) is 2.84. The number of nitrogens with zero attached hydrogens (tertiary/aromatic N) is 6. The number of carbonyl (C=O) groups excluding carboxylic acids is 2. The van der Waals surface area contributed by atoms with Gasteiger partial charge in [-0.3, -0.25) is 14.6 Å². The van der Waals surface area contributed by atoms with Crippen LogP contribution in [0, 0.1) is 17.5 Å². The van der Waals surface area contributed by atoms with Crippen LogP contribution < -0.4 is 0 Å². The second-order valence-electron chi connectivity index (χ2n) is 9.78. The van der Waals surface area contributed by atoms with Crippen molar-refractivity contribution in [2.24, 2.45) is 4.99 Å². The molecule has 1 atom stereocenters. The third-order valence-corrected chi connectivity index (χ3v) is 6.96. The van der Waals surface area contributed by atoms with Gasteiger partial charge in [0.25, 0.3) is 5.91 Å². The highest BCUT2D eigenvalue weighted by Gasteiger charge is 2.39. The van der Waals surface area contributed by atoms with Gasteiger partial charge in [0, 0.05) is 58.7 Å². The first-order chi connectivity index (χ1) is 17.9. The average Bonchev–Trinajstić information content (AvgIpc) is 3.26. The van der Waals surface area contributed by atoms with Crippen LogP contribution in [0.1, 0.15) is 40.9 Å². The van der Waals surface area contributed by atoms with E-state index in [0.29, 0.717) is 39.2 Å². The summed E-state index contributed by atoms with van der Waals surface area (Å²) in [4.78, 5) is 39.3. The Balaban J connectivity index is 1.53. The van der Waals surface area contributed by atoms with E-state index in [9.17, 15) is 31.5 Å². The van der Waals surface area contributed by atoms with Gasteiger partial charge in [0.2, 0.25) is 5.91 Å². The van der Waals surface area contributed by atoms with Crippen LogP contribution in [-0.2, 0) is 30.2 Å². The van der Waals surface area contributed by atoms with Gasteiger partial charge in [-0.1, -0.05) is 0 Å². The highest BCUT2D eigenvalue weighted by atomic mass is 19.3. The molecule has 2 amide bonds. The Kier molecular flexibility index (Phi) is 7.86. The van der Waals surface area contributed by atoms with E-state index in [-0.39, 0.29) is 49.4 Å². The normalized spacial score (nSPS) is 17.3. The molecular formula is C25H29F5N6O2. The Bertz CT molecular complexity index is 1240. The van der Waals surface area contributed by atoms with E-state index in [4.69, 9.17) is 0 Å². The minimum Gasteiger partial charge on any atom is -0.335 e. The van der Waals surface area contributed by atoms with Gasteiger partial charge in [-0.05, 0) is 31.8 Å². The monoisotopic (exact) mass is 540 g/mol. The number of amides is 2. The van der Waals surface area contributed by atoms with Crippen molar-refractivity contribution >= 4 is 18.5 Å². The molecule has 38 heavy (non-hydrogen) atoms. The first-order valence-electron chi connectivity index (χ1n) is 12.2. The molecule has 1 saturated heterocycles.